The molecule has 136 valence electrons. The lowest BCUT2D eigenvalue weighted by Gasteiger charge is -2.54. The minimum Gasteiger partial charge on any atom is -0.413 e. The molecule has 6 nitrogen and oxygen atoms in total. The molecule has 0 bridgehead atoms. The fraction of sp³-hybridized carbons (Fsp3) is 1.00. The predicted molar refractivity (Wildman–Crippen MR) is 88.3 cm³/mol. The first-order chi connectivity index (χ1) is 10.5. The maximum atomic E-state index is 9.57. The van der Waals surface area contributed by atoms with Crippen molar-refractivity contribution >= 4 is 8.32 Å². The molecule has 1 heterocycles. The zero-order valence-corrected chi connectivity index (χ0v) is 16.2. The Hall–Kier alpha value is -0.0231. The molecule has 0 spiro atoms. The van der Waals surface area contributed by atoms with Gasteiger partial charge in [0.2, 0.25) is 11.6 Å². The molecule has 1 saturated carbocycles. The highest BCUT2D eigenvalue weighted by atomic mass is 28.4. The predicted octanol–water partition coefficient (Wildman–Crippen LogP) is 4.38. The fourth-order valence-electron chi connectivity index (χ4n) is 3.52. The van der Waals surface area contributed by atoms with Gasteiger partial charge in [0.05, 0.1) is 6.10 Å². The zero-order valence-electron chi connectivity index (χ0n) is 15.2. The van der Waals surface area contributed by atoms with Crippen molar-refractivity contribution in [1.82, 2.24) is 0 Å². The summed E-state index contributed by atoms with van der Waals surface area (Å²) >= 11 is 0. The van der Waals surface area contributed by atoms with Crippen molar-refractivity contribution in [2.24, 2.45) is 5.92 Å². The average Bonchev–Trinajstić information content (AvgIpc) is 2.45. The van der Waals surface area contributed by atoms with Crippen LogP contribution < -0.4 is 0 Å². The van der Waals surface area contributed by atoms with Crippen LogP contribution in [0.4, 0.5) is 0 Å². The maximum Gasteiger partial charge on any atom is 0.209 e. The summed E-state index contributed by atoms with van der Waals surface area (Å²) in [4.78, 5) is 9.44. The molecule has 4 atom stereocenters. The molecule has 2 rings (SSSR count). The lowest BCUT2D eigenvalue weighted by atomic mass is 9.75. The van der Waals surface area contributed by atoms with Gasteiger partial charge in [-0.3, -0.25) is 0 Å². The van der Waals surface area contributed by atoms with E-state index in [9.17, 15) is 10.5 Å². The summed E-state index contributed by atoms with van der Waals surface area (Å²) in [5.41, 5.74) is 0. The standard InChI is InChI=1S/C16H32O6Si/c1-14(2,3)23(5,6)19-13-11-15(4,21-17)20-16(22-18)10-8-7-9-12(13)16/h12-13,17-18H,7-11H2,1-6H3/t12-,13-,15?,16?/m1/s1. The third-order valence-electron chi connectivity index (χ3n) is 5.86. The van der Waals surface area contributed by atoms with Gasteiger partial charge in [-0.15, -0.1) is 0 Å². The molecule has 1 saturated heterocycles. The second kappa shape index (κ2) is 6.37. The quantitative estimate of drug-likeness (QED) is 0.446. The molecule has 2 aliphatic rings. The zero-order chi connectivity index (χ0) is 17.5. The Balaban J connectivity index is 2.32. The van der Waals surface area contributed by atoms with E-state index in [4.69, 9.17) is 14.1 Å². The molecule has 7 heteroatoms. The highest BCUT2D eigenvalue weighted by Gasteiger charge is 2.59. The Morgan fingerprint density at radius 1 is 1.13 bits per heavy atom. The van der Waals surface area contributed by atoms with Gasteiger partial charge in [0.1, 0.15) is 0 Å². The van der Waals surface area contributed by atoms with Crippen molar-refractivity contribution in [1.29, 1.82) is 0 Å². The van der Waals surface area contributed by atoms with Crippen LogP contribution in [0.25, 0.3) is 0 Å². The topological polar surface area (TPSA) is 77.4 Å². The molecule has 23 heavy (non-hydrogen) atoms. The lowest BCUT2D eigenvalue weighted by Crippen LogP contribution is -2.63. The van der Waals surface area contributed by atoms with Gasteiger partial charge in [0.15, 0.2) is 8.32 Å². The van der Waals surface area contributed by atoms with E-state index in [1.54, 1.807) is 6.92 Å². The van der Waals surface area contributed by atoms with Crippen LogP contribution in [-0.4, -0.2) is 36.5 Å². The molecule has 2 fully saturated rings. The van der Waals surface area contributed by atoms with E-state index in [0.717, 1.165) is 19.3 Å². The van der Waals surface area contributed by atoms with Crippen molar-refractivity contribution in [3.63, 3.8) is 0 Å². The summed E-state index contributed by atoms with van der Waals surface area (Å²) in [6.07, 6.45) is 3.59. The second-order valence-electron chi connectivity index (χ2n) is 8.70. The van der Waals surface area contributed by atoms with Crippen LogP contribution in [0.3, 0.4) is 0 Å². The van der Waals surface area contributed by atoms with Gasteiger partial charge in [-0.2, -0.15) is 0 Å². The largest absolute Gasteiger partial charge is 0.413 e. The molecule has 0 amide bonds. The molecule has 0 radical (unpaired) electrons. The summed E-state index contributed by atoms with van der Waals surface area (Å²) in [6.45, 7) is 12.6. The van der Waals surface area contributed by atoms with Gasteiger partial charge >= 0.3 is 0 Å². The first-order valence-electron chi connectivity index (χ1n) is 8.52. The van der Waals surface area contributed by atoms with Crippen LogP contribution in [0, 0.1) is 5.92 Å². The van der Waals surface area contributed by atoms with Gasteiger partial charge < -0.3 is 9.16 Å². The highest BCUT2D eigenvalue weighted by Crippen LogP contribution is 2.51. The summed E-state index contributed by atoms with van der Waals surface area (Å²) in [6, 6.07) is 0. The lowest BCUT2D eigenvalue weighted by molar-refractivity contribution is -0.525. The van der Waals surface area contributed by atoms with E-state index in [1.165, 1.54) is 0 Å². The summed E-state index contributed by atoms with van der Waals surface area (Å²) < 4.78 is 12.5. The van der Waals surface area contributed by atoms with E-state index in [0.29, 0.717) is 12.8 Å². The van der Waals surface area contributed by atoms with Crippen LogP contribution in [0.15, 0.2) is 0 Å². The van der Waals surface area contributed by atoms with E-state index < -0.39 is 19.9 Å². The Kier molecular flexibility index (Phi) is 5.34. The number of rotatable bonds is 4. The van der Waals surface area contributed by atoms with Gasteiger partial charge in [-0.05, 0) is 37.9 Å². The van der Waals surface area contributed by atoms with E-state index in [2.05, 4.69) is 38.8 Å². The molecule has 0 aromatic rings. The molecular formula is C16H32O6Si. The summed E-state index contributed by atoms with van der Waals surface area (Å²) in [5, 5.41) is 19.0. The van der Waals surface area contributed by atoms with Crippen molar-refractivity contribution < 1.29 is 29.5 Å². The van der Waals surface area contributed by atoms with Crippen molar-refractivity contribution in [2.45, 2.75) is 95.6 Å². The Labute approximate surface area is 140 Å². The number of fused-ring (bicyclic) bond motifs is 1. The van der Waals surface area contributed by atoms with Gasteiger partial charge in [-0.25, -0.2) is 20.3 Å². The molecule has 2 N–H and O–H groups in total. The first-order valence-corrected chi connectivity index (χ1v) is 11.4. The van der Waals surface area contributed by atoms with Crippen LogP contribution in [0.2, 0.25) is 18.1 Å². The molecule has 2 unspecified atom stereocenters. The SMILES string of the molecule is CC1(OO)C[C@@H](O[Si](C)(C)C(C)(C)C)[C@H]2CCCCC2(OO)O1. The van der Waals surface area contributed by atoms with Crippen LogP contribution >= 0.6 is 0 Å². The minimum absolute atomic E-state index is 0.0686. The Morgan fingerprint density at radius 3 is 2.30 bits per heavy atom. The fourth-order valence-corrected chi connectivity index (χ4v) is 4.88. The Morgan fingerprint density at radius 2 is 1.78 bits per heavy atom. The van der Waals surface area contributed by atoms with Crippen LogP contribution in [0.5, 0.6) is 0 Å². The first kappa shape index (κ1) is 19.3. The van der Waals surface area contributed by atoms with Crippen molar-refractivity contribution in [3.8, 4) is 0 Å². The number of hydrogen-bond acceptors (Lipinski definition) is 6. The smallest absolute Gasteiger partial charge is 0.209 e. The maximum absolute atomic E-state index is 9.57. The van der Waals surface area contributed by atoms with Crippen LogP contribution in [0.1, 0.15) is 59.8 Å². The Bertz CT molecular complexity index is 423. The van der Waals surface area contributed by atoms with Crippen molar-refractivity contribution in [2.75, 3.05) is 0 Å². The monoisotopic (exact) mass is 348 g/mol. The van der Waals surface area contributed by atoms with E-state index in [1.807, 2.05) is 0 Å². The normalized spacial score (nSPS) is 39.1. The molecule has 1 aliphatic heterocycles. The third kappa shape index (κ3) is 3.66. The van der Waals surface area contributed by atoms with Gasteiger partial charge in [-0.1, -0.05) is 27.2 Å². The van der Waals surface area contributed by atoms with Crippen LogP contribution in [-0.2, 0) is 18.9 Å². The average molecular weight is 349 g/mol. The van der Waals surface area contributed by atoms with Gasteiger partial charge in [0.25, 0.3) is 0 Å². The second-order valence-corrected chi connectivity index (χ2v) is 13.5. The molecule has 0 aromatic carbocycles. The van der Waals surface area contributed by atoms with E-state index >= 15 is 0 Å². The molecule has 1 aliphatic carbocycles. The van der Waals surface area contributed by atoms with E-state index in [-0.39, 0.29) is 17.1 Å². The third-order valence-corrected chi connectivity index (χ3v) is 10.4. The summed E-state index contributed by atoms with van der Waals surface area (Å²) in [5.74, 6) is -2.48. The van der Waals surface area contributed by atoms with Crippen molar-refractivity contribution in [3.05, 3.63) is 0 Å². The highest BCUT2D eigenvalue weighted by molar-refractivity contribution is 6.74. The minimum atomic E-state index is -2.02. The van der Waals surface area contributed by atoms with Gasteiger partial charge in [0, 0.05) is 18.8 Å². The summed E-state index contributed by atoms with van der Waals surface area (Å²) in [7, 11) is -2.02. The molecular weight excluding hydrogens is 316 g/mol. The number of ether oxygens (including phenoxy) is 1. The number of hydrogen-bond donors (Lipinski definition) is 2. The molecule has 0 aromatic heterocycles.